The number of carboxylic acid groups (broad SMARTS) is 1. The van der Waals surface area contributed by atoms with Crippen molar-refractivity contribution in [3.8, 4) is 0 Å². The van der Waals surface area contributed by atoms with Crippen molar-refractivity contribution in [3.05, 3.63) is 35.9 Å². The van der Waals surface area contributed by atoms with Crippen molar-refractivity contribution in [2.45, 2.75) is 88.3 Å². The molecule has 2 heterocycles. The highest BCUT2D eigenvalue weighted by atomic mass is 16.4. The third kappa shape index (κ3) is 5.19. The zero-order valence-electron chi connectivity index (χ0n) is 17.5. The van der Waals surface area contributed by atoms with Crippen molar-refractivity contribution < 1.29 is 20.1 Å². The molecule has 3 N–H and O–H groups in total. The summed E-state index contributed by atoms with van der Waals surface area (Å²) in [5.41, 5.74) is -1.22. The van der Waals surface area contributed by atoms with Gasteiger partial charge in [-0.2, -0.15) is 0 Å². The number of aliphatic hydroxyl groups is 2. The van der Waals surface area contributed by atoms with Gasteiger partial charge < -0.3 is 15.3 Å². The number of carbonyl (C=O) groups is 1. The van der Waals surface area contributed by atoms with E-state index in [1.165, 1.54) is 38.5 Å². The zero-order chi connectivity index (χ0) is 20.7. The molecule has 0 spiro atoms. The third-order valence-electron chi connectivity index (χ3n) is 7.18. The Morgan fingerprint density at radius 1 is 0.897 bits per heavy atom. The van der Waals surface area contributed by atoms with E-state index in [1.807, 2.05) is 6.07 Å². The van der Waals surface area contributed by atoms with Crippen LogP contribution in [0.5, 0.6) is 0 Å². The Morgan fingerprint density at radius 2 is 1.45 bits per heavy atom. The summed E-state index contributed by atoms with van der Waals surface area (Å²) in [7, 11) is 0. The molecule has 0 aromatic heterocycles. The average molecular weight is 404 g/mol. The predicted octanol–water partition coefficient (Wildman–Crippen LogP) is 3.92. The molecule has 29 heavy (non-hydrogen) atoms. The van der Waals surface area contributed by atoms with Gasteiger partial charge in [-0.15, -0.1) is 0 Å². The lowest BCUT2D eigenvalue weighted by Gasteiger charge is -2.46. The van der Waals surface area contributed by atoms with Gasteiger partial charge in [0, 0.05) is 24.5 Å². The third-order valence-corrected chi connectivity index (χ3v) is 7.18. The fraction of sp³-hybridized carbons (Fsp3) is 0.708. The first kappa shape index (κ1) is 22.3. The second kappa shape index (κ2) is 10.6. The first-order chi connectivity index (χ1) is 14.1. The van der Waals surface area contributed by atoms with Crippen molar-refractivity contribution in [3.63, 3.8) is 0 Å². The highest BCUT2D eigenvalue weighted by Crippen LogP contribution is 2.39. The quantitative estimate of drug-likeness (QED) is 0.694. The van der Waals surface area contributed by atoms with Gasteiger partial charge in [-0.3, -0.25) is 4.90 Å². The van der Waals surface area contributed by atoms with Gasteiger partial charge in [-0.25, -0.2) is 4.79 Å². The highest BCUT2D eigenvalue weighted by molar-refractivity contribution is 5.79. The fourth-order valence-corrected chi connectivity index (χ4v) is 5.66. The molecule has 5 heteroatoms. The van der Waals surface area contributed by atoms with Gasteiger partial charge in [0.25, 0.3) is 0 Å². The van der Waals surface area contributed by atoms with E-state index < -0.39 is 11.6 Å². The Bertz CT molecular complexity index is 609. The van der Waals surface area contributed by atoms with Crippen molar-refractivity contribution >= 4 is 5.97 Å². The summed E-state index contributed by atoms with van der Waals surface area (Å²) in [6.07, 6.45) is 13.0. The number of aliphatic hydroxyl groups excluding tert-OH is 1. The van der Waals surface area contributed by atoms with E-state index in [1.54, 1.807) is 24.3 Å². The van der Waals surface area contributed by atoms with Gasteiger partial charge >= 0.3 is 5.97 Å². The van der Waals surface area contributed by atoms with Gasteiger partial charge in [0.15, 0.2) is 5.60 Å². The molecule has 162 valence electrons. The van der Waals surface area contributed by atoms with Crippen LogP contribution in [0.25, 0.3) is 0 Å². The largest absolute Gasteiger partial charge is 0.479 e. The Labute approximate surface area is 174 Å². The number of nitrogens with zero attached hydrogens (tertiary/aromatic N) is 1. The minimum atomic E-state index is -1.72. The Balaban J connectivity index is 0.000000176. The Morgan fingerprint density at radius 3 is 1.93 bits per heavy atom. The lowest BCUT2D eigenvalue weighted by Crippen LogP contribution is -2.50. The lowest BCUT2D eigenvalue weighted by atomic mass is 9.73. The molecule has 0 amide bonds. The number of hydrogen-bond acceptors (Lipinski definition) is 4. The number of aliphatic carboxylic acids is 1. The molecular weight excluding hydrogens is 366 g/mol. The second-order valence-corrected chi connectivity index (χ2v) is 8.90. The van der Waals surface area contributed by atoms with Gasteiger partial charge in [0.1, 0.15) is 0 Å². The second-order valence-electron chi connectivity index (χ2n) is 8.90. The molecule has 0 radical (unpaired) electrons. The van der Waals surface area contributed by atoms with Gasteiger partial charge in [0.05, 0.1) is 6.61 Å². The van der Waals surface area contributed by atoms with E-state index in [9.17, 15) is 15.0 Å². The smallest absolute Gasteiger partial charge is 0.340 e. The van der Waals surface area contributed by atoms with Crippen LogP contribution >= 0.6 is 0 Å². The van der Waals surface area contributed by atoms with Crippen LogP contribution < -0.4 is 0 Å². The lowest BCUT2D eigenvalue weighted by molar-refractivity contribution is -0.168. The Kier molecular flexibility index (Phi) is 8.10. The van der Waals surface area contributed by atoms with Crippen molar-refractivity contribution in [2.24, 2.45) is 5.92 Å². The minimum Gasteiger partial charge on any atom is -0.479 e. The summed E-state index contributed by atoms with van der Waals surface area (Å²) >= 11 is 0. The molecular formula is C24H37NO4. The molecule has 1 aromatic rings. The van der Waals surface area contributed by atoms with E-state index in [4.69, 9.17) is 5.11 Å². The minimum absolute atomic E-state index is 0.170. The maximum absolute atomic E-state index is 11.5. The Hall–Kier alpha value is -1.43. The molecule has 3 aliphatic rings. The average Bonchev–Trinajstić information content (AvgIpc) is 2.75. The van der Waals surface area contributed by atoms with E-state index in [0.29, 0.717) is 12.2 Å². The van der Waals surface area contributed by atoms with Crippen LogP contribution in [-0.2, 0) is 10.4 Å². The molecule has 2 aliphatic heterocycles. The normalized spacial score (nSPS) is 27.4. The SMILES string of the molecule is O=C(O)C(O)(c1ccccc1)C1CCCCC1.OCCN1C2CCCC1CCC2. The maximum atomic E-state index is 11.5. The summed E-state index contributed by atoms with van der Waals surface area (Å²) in [5.74, 6) is -1.30. The van der Waals surface area contributed by atoms with Gasteiger partial charge in [-0.05, 0) is 44.1 Å². The first-order valence-electron chi connectivity index (χ1n) is 11.4. The molecule has 1 aliphatic carbocycles. The summed E-state index contributed by atoms with van der Waals surface area (Å²) in [4.78, 5) is 14.0. The van der Waals surface area contributed by atoms with E-state index >= 15 is 0 Å². The van der Waals surface area contributed by atoms with Crippen LogP contribution in [0.4, 0.5) is 0 Å². The molecule has 3 fully saturated rings. The summed E-state index contributed by atoms with van der Waals surface area (Å²) in [6.45, 7) is 1.25. The summed E-state index contributed by atoms with van der Waals surface area (Å²) in [6, 6.07) is 10.4. The first-order valence-corrected chi connectivity index (χ1v) is 11.4. The molecule has 2 saturated heterocycles. The van der Waals surface area contributed by atoms with Crippen molar-refractivity contribution in [1.82, 2.24) is 4.90 Å². The zero-order valence-corrected chi connectivity index (χ0v) is 17.5. The van der Waals surface area contributed by atoms with Gasteiger partial charge in [0.2, 0.25) is 0 Å². The van der Waals surface area contributed by atoms with E-state index in [-0.39, 0.29) is 5.92 Å². The molecule has 1 atom stereocenters. The summed E-state index contributed by atoms with van der Waals surface area (Å²) < 4.78 is 0. The van der Waals surface area contributed by atoms with Crippen LogP contribution in [0.1, 0.15) is 76.2 Å². The van der Waals surface area contributed by atoms with Crippen molar-refractivity contribution in [2.75, 3.05) is 13.2 Å². The maximum Gasteiger partial charge on any atom is 0.340 e. The highest BCUT2D eigenvalue weighted by Gasteiger charge is 2.45. The molecule has 4 rings (SSSR count). The molecule has 5 nitrogen and oxygen atoms in total. The van der Waals surface area contributed by atoms with Crippen LogP contribution in [0.15, 0.2) is 30.3 Å². The summed E-state index contributed by atoms with van der Waals surface area (Å²) in [5, 5.41) is 28.9. The number of piperidine rings is 2. The number of carboxylic acids is 1. The van der Waals surface area contributed by atoms with E-state index in [2.05, 4.69) is 4.90 Å². The number of benzene rings is 1. The van der Waals surface area contributed by atoms with Crippen LogP contribution in [-0.4, -0.2) is 51.4 Å². The van der Waals surface area contributed by atoms with E-state index in [0.717, 1.165) is 50.7 Å². The van der Waals surface area contributed by atoms with Crippen LogP contribution in [0, 0.1) is 5.92 Å². The van der Waals surface area contributed by atoms with Gasteiger partial charge in [-0.1, -0.05) is 62.4 Å². The molecule has 1 saturated carbocycles. The van der Waals surface area contributed by atoms with Crippen LogP contribution in [0.3, 0.4) is 0 Å². The number of fused-ring (bicyclic) bond motifs is 2. The number of rotatable bonds is 5. The monoisotopic (exact) mass is 403 g/mol. The van der Waals surface area contributed by atoms with Crippen LogP contribution in [0.2, 0.25) is 0 Å². The topological polar surface area (TPSA) is 81.0 Å². The predicted molar refractivity (Wildman–Crippen MR) is 114 cm³/mol. The van der Waals surface area contributed by atoms with Crippen molar-refractivity contribution in [1.29, 1.82) is 0 Å². The standard InChI is InChI=1S/C14H18O3.C10H19NO/c15-13(16)14(17,11-7-3-1-4-8-11)12-9-5-2-6-10-12;12-8-7-11-9-3-1-4-10(11)6-2-5-9/h1,3-4,7-8,12,17H,2,5-6,9-10H2,(H,15,16);9-10,12H,1-8H2. The molecule has 2 bridgehead atoms. The fourth-order valence-electron chi connectivity index (χ4n) is 5.66. The molecule has 1 aromatic carbocycles. The number of hydrogen-bond donors (Lipinski definition) is 3. The molecule has 1 unspecified atom stereocenters.